The molecule has 0 aliphatic carbocycles. The summed E-state index contributed by atoms with van der Waals surface area (Å²) in [5.41, 5.74) is 0.494. The fraction of sp³-hybridized carbons (Fsp3) is 0.176. The Balaban J connectivity index is 2.37. The predicted molar refractivity (Wildman–Crippen MR) is 82.9 cm³/mol. The van der Waals surface area contributed by atoms with Crippen LogP contribution >= 0.6 is 0 Å². The van der Waals surface area contributed by atoms with E-state index in [1.165, 1.54) is 33.5 Å². The molecule has 0 spiro atoms. The van der Waals surface area contributed by atoms with E-state index in [0.717, 1.165) is 0 Å². The second-order valence-electron chi connectivity index (χ2n) is 4.46. The van der Waals surface area contributed by atoms with E-state index in [0.29, 0.717) is 23.5 Å². The van der Waals surface area contributed by atoms with Gasteiger partial charge in [-0.15, -0.1) is 0 Å². The first-order valence-corrected chi connectivity index (χ1v) is 6.71. The van der Waals surface area contributed by atoms with E-state index >= 15 is 0 Å². The fourth-order valence-corrected chi connectivity index (χ4v) is 2.03. The van der Waals surface area contributed by atoms with E-state index in [4.69, 9.17) is 18.9 Å². The summed E-state index contributed by atoms with van der Waals surface area (Å²) in [6.45, 7) is 0. The molecule has 120 valence electrons. The average molecular weight is 316 g/mol. The molecule has 6 nitrogen and oxygen atoms in total. The molecule has 0 bridgehead atoms. The summed E-state index contributed by atoms with van der Waals surface area (Å²) in [7, 11) is 4.38. The van der Waals surface area contributed by atoms with Crippen molar-refractivity contribution >= 4 is 12.3 Å². The van der Waals surface area contributed by atoms with Crippen LogP contribution in [0.4, 0.5) is 0 Å². The standard InChI is InChI=1S/C17H16O6/c1-20-14-8-12(9-15(21-2)16(14)22-3)17(19)23-13-7-5-4-6-11(13)10-18/h4-10H,1-3H3. The molecule has 2 aromatic carbocycles. The number of hydrogen-bond acceptors (Lipinski definition) is 6. The van der Waals surface area contributed by atoms with Gasteiger partial charge in [-0.3, -0.25) is 4.79 Å². The quantitative estimate of drug-likeness (QED) is 0.463. The maximum atomic E-state index is 12.3. The van der Waals surface area contributed by atoms with Gasteiger partial charge in [0.05, 0.1) is 32.5 Å². The Kier molecular flexibility index (Phi) is 5.19. The smallest absolute Gasteiger partial charge is 0.343 e. The number of esters is 1. The number of methoxy groups -OCH3 is 3. The second kappa shape index (κ2) is 7.31. The number of para-hydroxylation sites is 1. The number of benzene rings is 2. The minimum absolute atomic E-state index is 0.182. The van der Waals surface area contributed by atoms with Gasteiger partial charge in [0.15, 0.2) is 17.8 Å². The highest BCUT2D eigenvalue weighted by atomic mass is 16.5. The maximum Gasteiger partial charge on any atom is 0.343 e. The van der Waals surface area contributed by atoms with Crippen LogP contribution < -0.4 is 18.9 Å². The molecule has 0 heterocycles. The Morgan fingerprint density at radius 3 is 2.04 bits per heavy atom. The number of carbonyl (C=O) groups is 2. The molecule has 0 unspecified atom stereocenters. The third-order valence-electron chi connectivity index (χ3n) is 3.15. The van der Waals surface area contributed by atoms with Crippen LogP contribution in [0.2, 0.25) is 0 Å². The monoisotopic (exact) mass is 316 g/mol. The van der Waals surface area contributed by atoms with Crippen LogP contribution in [0.3, 0.4) is 0 Å². The number of carbonyl (C=O) groups excluding carboxylic acids is 2. The van der Waals surface area contributed by atoms with Gasteiger partial charge in [-0.05, 0) is 24.3 Å². The molecule has 0 aromatic heterocycles. The summed E-state index contributed by atoms with van der Waals surface area (Å²) < 4.78 is 20.9. The molecule has 0 fully saturated rings. The summed E-state index contributed by atoms with van der Waals surface area (Å²) in [5, 5.41) is 0. The Bertz CT molecular complexity index is 698. The summed E-state index contributed by atoms with van der Waals surface area (Å²) in [4.78, 5) is 23.3. The van der Waals surface area contributed by atoms with Crippen molar-refractivity contribution in [1.82, 2.24) is 0 Å². The van der Waals surface area contributed by atoms with Gasteiger partial charge in [0.25, 0.3) is 0 Å². The molecule has 2 rings (SSSR count). The predicted octanol–water partition coefficient (Wildman–Crippen LogP) is 2.74. The Hall–Kier alpha value is -3.02. The number of ether oxygens (including phenoxy) is 4. The lowest BCUT2D eigenvalue weighted by atomic mass is 10.1. The lowest BCUT2D eigenvalue weighted by molar-refractivity contribution is 0.0732. The van der Waals surface area contributed by atoms with E-state index < -0.39 is 5.97 Å². The number of hydrogen-bond donors (Lipinski definition) is 0. The summed E-state index contributed by atoms with van der Waals surface area (Å²) in [6.07, 6.45) is 0.623. The first kappa shape index (κ1) is 16.4. The topological polar surface area (TPSA) is 71.1 Å². The van der Waals surface area contributed by atoms with Gasteiger partial charge in [0.1, 0.15) is 5.75 Å². The third-order valence-corrected chi connectivity index (χ3v) is 3.15. The SMILES string of the molecule is COc1cc(C(=O)Oc2ccccc2C=O)cc(OC)c1OC. The molecule has 0 atom stereocenters. The van der Waals surface area contributed by atoms with Crippen molar-refractivity contribution in [3.63, 3.8) is 0 Å². The van der Waals surface area contributed by atoms with Gasteiger partial charge >= 0.3 is 5.97 Å². The lowest BCUT2D eigenvalue weighted by Gasteiger charge is -2.14. The van der Waals surface area contributed by atoms with Gasteiger partial charge in [-0.1, -0.05) is 12.1 Å². The van der Waals surface area contributed by atoms with Crippen LogP contribution in [0, 0.1) is 0 Å². The highest BCUT2D eigenvalue weighted by Crippen LogP contribution is 2.38. The normalized spacial score (nSPS) is 9.87. The molecule has 2 aromatic rings. The molecular formula is C17H16O6. The second-order valence-corrected chi connectivity index (χ2v) is 4.46. The van der Waals surface area contributed by atoms with Gasteiger partial charge in [-0.25, -0.2) is 4.79 Å². The Morgan fingerprint density at radius 2 is 1.52 bits per heavy atom. The van der Waals surface area contributed by atoms with Crippen LogP contribution in [-0.4, -0.2) is 33.6 Å². The maximum absolute atomic E-state index is 12.3. The van der Waals surface area contributed by atoms with Crippen molar-refractivity contribution in [1.29, 1.82) is 0 Å². The number of rotatable bonds is 6. The molecule has 0 amide bonds. The molecule has 23 heavy (non-hydrogen) atoms. The molecule has 0 saturated carbocycles. The van der Waals surface area contributed by atoms with Crippen LogP contribution in [0.25, 0.3) is 0 Å². The van der Waals surface area contributed by atoms with Crippen molar-refractivity contribution < 1.29 is 28.5 Å². The van der Waals surface area contributed by atoms with E-state index in [1.807, 2.05) is 0 Å². The molecule has 6 heteroatoms. The van der Waals surface area contributed by atoms with E-state index in [-0.39, 0.29) is 16.9 Å². The molecule has 0 saturated heterocycles. The molecule has 0 N–H and O–H groups in total. The fourth-order valence-electron chi connectivity index (χ4n) is 2.03. The molecule has 0 aliphatic heterocycles. The van der Waals surface area contributed by atoms with Gasteiger partial charge < -0.3 is 18.9 Å². The Labute approximate surface area is 133 Å². The van der Waals surface area contributed by atoms with E-state index in [9.17, 15) is 9.59 Å². The number of aldehydes is 1. The largest absolute Gasteiger partial charge is 0.493 e. The van der Waals surface area contributed by atoms with Crippen molar-refractivity contribution in [2.45, 2.75) is 0 Å². The van der Waals surface area contributed by atoms with Crippen molar-refractivity contribution in [2.24, 2.45) is 0 Å². The molecule has 0 aliphatic rings. The highest BCUT2D eigenvalue weighted by molar-refractivity contribution is 5.94. The molecule has 0 radical (unpaired) electrons. The van der Waals surface area contributed by atoms with Crippen LogP contribution in [0.5, 0.6) is 23.0 Å². The zero-order chi connectivity index (χ0) is 16.8. The zero-order valence-corrected chi connectivity index (χ0v) is 13.0. The summed E-state index contributed by atoms with van der Waals surface area (Å²) >= 11 is 0. The Morgan fingerprint density at radius 1 is 0.913 bits per heavy atom. The van der Waals surface area contributed by atoms with Gasteiger partial charge in [-0.2, -0.15) is 0 Å². The van der Waals surface area contributed by atoms with Crippen LogP contribution in [0.1, 0.15) is 20.7 Å². The molecular weight excluding hydrogens is 300 g/mol. The van der Waals surface area contributed by atoms with Crippen LogP contribution in [0.15, 0.2) is 36.4 Å². The van der Waals surface area contributed by atoms with Gasteiger partial charge in [0.2, 0.25) is 5.75 Å². The highest BCUT2D eigenvalue weighted by Gasteiger charge is 2.19. The zero-order valence-electron chi connectivity index (χ0n) is 13.0. The van der Waals surface area contributed by atoms with Gasteiger partial charge in [0, 0.05) is 0 Å². The van der Waals surface area contributed by atoms with Crippen molar-refractivity contribution in [2.75, 3.05) is 21.3 Å². The minimum atomic E-state index is -0.640. The van der Waals surface area contributed by atoms with E-state index in [2.05, 4.69) is 0 Å². The minimum Gasteiger partial charge on any atom is -0.493 e. The van der Waals surface area contributed by atoms with Crippen molar-refractivity contribution in [3.05, 3.63) is 47.5 Å². The van der Waals surface area contributed by atoms with Crippen molar-refractivity contribution in [3.8, 4) is 23.0 Å². The third kappa shape index (κ3) is 3.42. The first-order chi connectivity index (χ1) is 11.1. The first-order valence-electron chi connectivity index (χ1n) is 6.71. The summed E-state index contributed by atoms with van der Waals surface area (Å²) in [5.74, 6) is 0.588. The van der Waals surface area contributed by atoms with Crippen LogP contribution in [-0.2, 0) is 0 Å². The summed E-state index contributed by atoms with van der Waals surface area (Å²) in [6, 6.07) is 9.41. The van der Waals surface area contributed by atoms with E-state index in [1.54, 1.807) is 24.3 Å². The average Bonchev–Trinajstić information content (AvgIpc) is 2.60. The lowest BCUT2D eigenvalue weighted by Crippen LogP contribution is -2.10.